The van der Waals surface area contributed by atoms with Gasteiger partial charge in [-0.15, -0.1) is 0 Å². The number of hydrogen-bond donors (Lipinski definition) is 1. The monoisotopic (exact) mass is 413 g/mol. The fourth-order valence-electron chi connectivity index (χ4n) is 3.62. The lowest BCUT2D eigenvalue weighted by Crippen LogP contribution is -2.07. The lowest BCUT2D eigenvalue weighted by atomic mass is 9.99. The molecule has 31 heavy (non-hydrogen) atoms. The number of aryl methyl sites for hydroxylation is 1. The fraction of sp³-hybridized carbons (Fsp3) is 0.154. The van der Waals surface area contributed by atoms with Gasteiger partial charge in [0.1, 0.15) is 17.1 Å². The van der Waals surface area contributed by atoms with Crippen molar-refractivity contribution in [2.75, 3.05) is 7.11 Å². The van der Waals surface area contributed by atoms with E-state index in [0.717, 1.165) is 34.9 Å². The molecule has 0 amide bonds. The first-order valence-electron chi connectivity index (χ1n) is 10.2. The van der Waals surface area contributed by atoms with Gasteiger partial charge in [-0.2, -0.15) is 0 Å². The lowest BCUT2D eigenvalue weighted by molar-refractivity contribution is 0.0694. The molecule has 0 aliphatic heterocycles. The van der Waals surface area contributed by atoms with Gasteiger partial charge in [0.25, 0.3) is 0 Å². The number of aromatic carboxylic acids is 1. The molecular formula is C26H23NO4. The van der Waals surface area contributed by atoms with Crippen LogP contribution in [0.15, 0.2) is 72.8 Å². The summed E-state index contributed by atoms with van der Waals surface area (Å²) in [6.45, 7) is 2.06. The molecule has 0 aliphatic rings. The Morgan fingerprint density at radius 3 is 2.45 bits per heavy atom. The number of rotatable bonds is 7. The van der Waals surface area contributed by atoms with Gasteiger partial charge in [0, 0.05) is 16.6 Å². The molecule has 3 aromatic carbocycles. The average Bonchev–Trinajstić information content (AvgIpc) is 2.79. The highest BCUT2D eigenvalue weighted by Gasteiger charge is 2.22. The molecular weight excluding hydrogens is 390 g/mol. The van der Waals surface area contributed by atoms with Crippen molar-refractivity contribution in [3.05, 3.63) is 84.1 Å². The smallest absolute Gasteiger partial charge is 0.341 e. The van der Waals surface area contributed by atoms with Crippen LogP contribution < -0.4 is 9.47 Å². The summed E-state index contributed by atoms with van der Waals surface area (Å²) in [7, 11) is 1.60. The molecule has 0 radical (unpaired) electrons. The first kappa shape index (κ1) is 20.4. The molecule has 5 heteroatoms. The maximum atomic E-state index is 12.3. The second-order valence-corrected chi connectivity index (χ2v) is 7.20. The van der Waals surface area contributed by atoms with E-state index in [4.69, 9.17) is 9.47 Å². The highest BCUT2D eigenvalue weighted by Crippen LogP contribution is 2.36. The number of hydrogen-bond acceptors (Lipinski definition) is 4. The number of carboxylic acids is 1. The normalized spacial score (nSPS) is 10.8. The highest BCUT2D eigenvalue weighted by molar-refractivity contribution is 5.99. The van der Waals surface area contributed by atoms with Crippen molar-refractivity contribution < 1.29 is 19.4 Å². The van der Waals surface area contributed by atoms with Gasteiger partial charge in [-0.05, 0) is 41.6 Å². The minimum absolute atomic E-state index is 0.0398. The molecule has 0 atom stereocenters. The predicted molar refractivity (Wildman–Crippen MR) is 121 cm³/mol. The van der Waals surface area contributed by atoms with Crippen molar-refractivity contribution in [3.63, 3.8) is 0 Å². The van der Waals surface area contributed by atoms with Gasteiger partial charge in [0.05, 0.1) is 7.11 Å². The topological polar surface area (TPSA) is 68.7 Å². The Balaban J connectivity index is 1.89. The Kier molecular flexibility index (Phi) is 5.85. The number of benzene rings is 3. The minimum atomic E-state index is -1.09. The van der Waals surface area contributed by atoms with Gasteiger partial charge >= 0.3 is 5.97 Å². The number of fused-ring (bicyclic) bond motifs is 1. The summed E-state index contributed by atoms with van der Waals surface area (Å²) in [4.78, 5) is 16.9. The van der Waals surface area contributed by atoms with E-state index in [1.165, 1.54) is 0 Å². The minimum Gasteiger partial charge on any atom is -0.497 e. The molecule has 4 aromatic rings. The Bertz CT molecular complexity index is 1230. The molecule has 0 saturated carbocycles. The molecule has 1 N–H and O–H groups in total. The molecule has 0 saturated heterocycles. The number of carboxylic acid groups (broad SMARTS) is 1. The molecule has 0 aliphatic carbocycles. The van der Waals surface area contributed by atoms with E-state index in [1.807, 2.05) is 72.8 Å². The molecule has 4 rings (SSSR count). The lowest BCUT2D eigenvalue weighted by Gasteiger charge is -2.15. The zero-order valence-corrected chi connectivity index (χ0v) is 17.5. The Morgan fingerprint density at radius 1 is 1.00 bits per heavy atom. The highest BCUT2D eigenvalue weighted by atomic mass is 16.5. The van der Waals surface area contributed by atoms with E-state index >= 15 is 0 Å². The van der Waals surface area contributed by atoms with Gasteiger partial charge in [-0.25, -0.2) is 9.78 Å². The van der Waals surface area contributed by atoms with E-state index in [1.54, 1.807) is 7.11 Å². The van der Waals surface area contributed by atoms with E-state index in [0.29, 0.717) is 17.1 Å². The number of nitrogens with zero attached hydrogens (tertiary/aromatic N) is 1. The third-order valence-corrected chi connectivity index (χ3v) is 5.12. The molecule has 0 bridgehead atoms. The van der Waals surface area contributed by atoms with Crippen molar-refractivity contribution in [1.82, 2.24) is 4.98 Å². The van der Waals surface area contributed by atoms with Crippen LogP contribution in [0.3, 0.4) is 0 Å². The Labute approximate surface area is 180 Å². The van der Waals surface area contributed by atoms with Crippen molar-refractivity contribution in [2.45, 2.75) is 19.8 Å². The van der Waals surface area contributed by atoms with Crippen LogP contribution in [0.1, 0.15) is 29.4 Å². The molecule has 1 heterocycles. The first-order valence-corrected chi connectivity index (χ1v) is 10.2. The first-order chi connectivity index (χ1) is 15.1. The molecule has 5 nitrogen and oxygen atoms in total. The largest absolute Gasteiger partial charge is 0.497 e. The summed E-state index contributed by atoms with van der Waals surface area (Å²) < 4.78 is 11.4. The molecule has 0 spiro atoms. The van der Waals surface area contributed by atoms with Crippen LogP contribution in [-0.2, 0) is 6.42 Å². The molecule has 0 unspecified atom stereocenters. The van der Waals surface area contributed by atoms with E-state index < -0.39 is 5.97 Å². The van der Waals surface area contributed by atoms with Gasteiger partial charge in [0.2, 0.25) is 5.88 Å². The molecule has 1 aromatic heterocycles. The zero-order chi connectivity index (χ0) is 21.8. The summed E-state index contributed by atoms with van der Waals surface area (Å²) in [6.07, 6.45) is 1.60. The van der Waals surface area contributed by atoms with Crippen molar-refractivity contribution >= 4 is 16.7 Å². The summed E-state index contributed by atoms with van der Waals surface area (Å²) >= 11 is 0. The van der Waals surface area contributed by atoms with Crippen LogP contribution >= 0.6 is 0 Å². The van der Waals surface area contributed by atoms with Gasteiger partial charge < -0.3 is 14.6 Å². The number of carbonyl (C=O) groups is 1. The zero-order valence-electron chi connectivity index (χ0n) is 17.5. The summed E-state index contributed by atoms with van der Waals surface area (Å²) in [5.41, 5.74) is 2.16. The van der Waals surface area contributed by atoms with Crippen LogP contribution in [0, 0.1) is 0 Å². The standard InChI is InChI=1S/C26H23NO4/c1-3-7-19-16-22(18-12-14-20(30-2)15-13-18)24(26(28)29)25(27-19)31-23-11-6-9-17-8-4-5-10-21(17)23/h4-6,8-16H,3,7H2,1-2H3,(H,28,29). The van der Waals surface area contributed by atoms with Gasteiger partial charge in [-0.1, -0.05) is 61.9 Å². The van der Waals surface area contributed by atoms with Crippen LogP contribution in [0.4, 0.5) is 0 Å². The SMILES string of the molecule is CCCc1cc(-c2ccc(OC)cc2)c(C(=O)O)c(Oc2cccc3ccccc23)n1. The average molecular weight is 413 g/mol. The van der Waals surface area contributed by atoms with Crippen molar-refractivity contribution in [3.8, 4) is 28.5 Å². The van der Waals surface area contributed by atoms with E-state index in [9.17, 15) is 9.90 Å². The Hall–Kier alpha value is -3.86. The number of methoxy groups -OCH3 is 1. The van der Waals surface area contributed by atoms with Crippen molar-refractivity contribution in [2.24, 2.45) is 0 Å². The Morgan fingerprint density at radius 2 is 1.74 bits per heavy atom. The second-order valence-electron chi connectivity index (χ2n) is 7.20. The number of aromatic nitrogens is 1. The van der Waals surface area contributed by atoms with Crippen LogP contribution in [0.25, 0.3) is 21.9 Å². The third-order valence-electron chi connectivity index (χ3n) is 5.12. The maximum Gasteiger partial charge on any atom is 0.341 e. The van der Waals surface area contributed by atoms with Gasteiger partial charge in [0.15, 0.2) is 0 Å². The fourth-order valence-corrected chi connectivity index (χ4v) is 3.62. The third kappa shape index (κ3) is 4.21. The van der Waals surface area contributed by atoms with Crippen LogP contribution in [-0.4, -0.2) is 23.2 Å². The van der Waals surface area contributed by atoms with E-state index in [-0.39, 0.29) is 11.4 Å². The summed E-state index contributed by atoms with van der Waals surface area (Å²) in [6, 6.07) is 22.7. The van der Waals surface area contributed by atoms with Crippen LogP contribution in [0.2, 0.25) is 0 Å². The number of pyridine rings is 1. The second kappa shape index (κ2) is 8.88. The quantitative estimate of drug-likeness (QED) is 0.382. The van der Waals surface area contributed by atoms with Crippen molar-refractivity contribution in [1.29, 1.82) is 0 Å². The van der Waals surface area contributed by atoms with Gasteiger partial charge in [-0.3, -0.25) is 0 Å². The maximum absolute atomic E-state index is 12.3. The molecule has 0 fully saturated rings. The molecule has 156 valence electrons. The summed E-state index contributed by atoms with van der Waals surface area (Å²) in [5, 5.41) is 12.0. The predicted octanol–water partition coefficient (Wildman–Crippen LogP) is 6.35. The van der Waals surface area contributed by atoms with Crippen LogP contribution in [0.5, 0.6) is 17.4 Å². The van der Waals surface area contributed by atoms with E-state index in [2.05, 4.69) is 11.9 Å². The number of ether oxygens (including phenoxy) is 2. The summed E-state index contributed by atoms with van der Waals surface area (Å²) in [5.74, 6) is 0.287.